The van der Waals surface area contributed by atoms with Crippen molar-refractivity contribution in [1.82, 2.24) is 9.88 Å². The van der Waals surface area contributed by atoms with Gasteiger partial charge >= 0.3 is 0 Å². The van der Waals surface area contributed by atoms with E-state index < -0.39 is 0 Å². The van der Waals surface area contributed by atoms with Crippen LogP contribution in [0.5, 0.6) is 0 Å². The molecule has 0 fully saturated rings. The van der Waals surface area contributed by atoms with Gasteiger partial charge in [-0.2, -0.15) is 11.8 Å². The van der Waals surface area contributed by atoms with E-state index in [0.29, 0.717) is 11.9 Å². The summed E-state index contributed by atoms with van der Waals surface area (Å²) in [6.45, 7) is 3.33. The van der Waals surface area contributed by atoms with Crippen molar-refractivity contribution in [3.05, 3.63) is 16.1 Å². The molecule has 92 valence electrons. The van der Waals surface area contributed by atoms with Gasteiger partial charge in [0.1, 0.15) is 0 Å². The molecule has 0 aromatic carbocycles. The minimum absolute atomic E-state index is 0.523. The number of aromatic nitrogens is 1. The third-order valence-corrected chi connectivity index (χ3v) is 4.62. The Morgan fingerprint density at radius 3 is 2.94 bits per heavy atom. The second kappa shape index (κ2) is 7.54. The van der Waals surface area contributed by atoms with Crippen LogP contribution < -0.4 is 0 Å². The van der Waals surface area contributed by atoms with E-state index in [1.807, 2.05) is 17.1 Å². The maximum atomic E-state index is 5.73. The van der Waals surface area contributed by atoms with E-state index in [9.17, 15) is 0 Å². The molecule has 1 aromatic heterocycles. The molecule has 1 atom stereocenters. The van der Waals surface area contributed by atoms with Crippen LogP contribution in [0, 0.1) is 0 Å². The Morgan fingerprint density at radius 2 is 2.38 bits per heavy atom. The van der Waals surface area contributed by atoms with Gasteiger partial charge in [0.2, 0.25) is 0 Å². The highest BCUT2D eigenvalue weighted by atomic mass is 35.5. The topological polar surface area (TPSA) is 16.1 Å². The zero-order valence-corrected chi connectivity index (χ0v) is 12.5. The Balaban J connectivity index is 2.33. The quantitative estimate of drug-likeness (QED) is 0.713. The maximum Gasteiger partial charge on any atom is 0.0941 e. The molecule has 1 aromatic rings. The van der Waals surface area contributed by atoms with Gasteiger partial charge in [0.05, 0.1) is 16.6 Å². The molecule has 0 bridgehead atoms. The summed E-state index contributed by atoms with van der Waals surface area (Å²) < 4.78 is 0. The second-order valence-corrected chi connectivity index (χ2v) is 6.02. The molecule has 0 radical (unpaired) electrons. The number of rotatable bonds is 7. The number of nitrogens with zero attached hydrogens (tertiary/aromatic N) is 2. The molecule has 1 heterocycles. The molecule has 0 N–H and O–H groups in total. The summed E-state index contributed by atoms with van der Waals surface area (Å²) in [6, 6.07) is 0.627. The van der Waals surface area contributed by atoms with Crippen molar-refractivity contribution in [2.75, 3.05) is 25.6 Å². The Labute approximate surface area is 111 Å². The molecule has 0 saturated carbocycles. The van der Waals surface area contributed by atoms with Crippen LogP contribution in [0.25, 0.3) is 0 Å². The highest BCUT2D eigenvalue weighted by Crippen LogP contribution is 2.13. The maximum absolute atomic E-state index is 5.73. The smallest absolute Gasteiger partial charge is 0.0941 e. The summed E-state index contributed by atoms with van der Waals surface area (Å²) in [4.78, 5) is 6.85. The van der Waals surface area contributed by atoms with Crippen molar-refractivity contribution in [3.8, 4) is 0 Å². The largest absolute Gasteiger partial charge is 0.302 e. The van der Waals surface area contributed by atoms with Gasteiger partial charge in [-0.1, -0.05) is 0 Å². The summed E-state index contributed by atoms with van der Waals surface area (Å²) in [5.74, 6) is 1.70. The number of halogens is 1. The number of hydrogen-bond acceptors (Lipinski definition) is 4. The van der Waals surface area contributed by atoms with Crippen molar-refractivity contribution in [3.63, 3.8) is 0 Å². The van der Waals surface area contributed by atoms with Crippen molar-refractivity contribution < 1.29 is 0 Å². The predicted octanol–water partition coefficient (Wildman–Crippen LogP) is 3.11. The van der Waals surface area contributed by atoms with E-state index in [1.165, 1.54) is 10.8 Å². The van der Waals surface area contributed by atoms with Gasteiger partial charge in [-0.05, 0) is 20.2 Å². The lowest BCUT2D eigenvalue weighted by Gasteiger charge is -2.23. The fourth-order valence-corrected chi connectivity index (χ4v) is 3.14. The zero-order chi connectivity index (χ0) is 12.0. The first-order valence-corrected chi connectivity index (χ1v) is 8.16. The van der Waals surface area contributed by atoms with E-state index in [-0.39, 0.29) is 0 Å². The van der Waals surface area contributed by atoms with Crippen LogP contribution in [0.1, 0.15) is 17.6 Å². The van der Waals surface area contributed by atoms with Crippen LogP contribution in [0.15, 0.2) is 5.38 Å². The van der Waals surface area contributed by atoms with Crippen molar-refractivity contribution in [1.29, 1.82) is 0 Å². The Kier molecular flexibility index (Phi) is 6.73. The lowest BCUT2D eigenvalue weighted by atomic mass is 10.3. The van der Waals surface area contributed by atoms with Gasteiger partial charge in [-0.25, -0.2) is 4.98 Å². The molecule has 0 spiro atoms. The van der Waals surface area contributed by atoms with Crippen LogP contribution in [-0.4, -0.2) is 41.5 Å². The van der Waals surface area contributed by atoms with Gasteiger partial charge in [0.25, 0.3) is 0 Å². The average molecular weight is 279 g/mol. The molecule has 0 saturated heterocycles. The lowest BCUT2D eigenvalue weighted by molar-refractivity contribution is 0.281. The van der Waals surface area contributed by atoms with Gasteiger partial charge in [-0.15, -0.1) is 22.9 Å². The fraction of sp³-hybridized carbons (Fsp3) is 0.727. The van der Waals surface area contributed by atoms with E-state index in [1.54, 1.807) is 11.3 Å². The summed E-state index contributed by atoms with van der Waals surface area (Å²) in [6.07, 6.45) is 3.18. The summed E-state index contributed by atoms with van der Waals surface area (Å²) in [5, 5.41) is 3.24. The third-order valence-electron chi connectivity index (χ3n) is 2.57. The van der Waals surface area contributed by atoms with Gasteiger partial charge in [-0.3, -0.25) is 0 Å². The normalized spacial score (nSPS) is 13.3. The number of thiazole rings is 1. The fourth-order valence-electron chi connectivity index (χ4n) is 1.39. The molecule has 0 aliphatic rings. The first-order valence-electron chi connectivity index (χ1n) is 5.35. The second-order valence-electron chi connectivity index (χ2n) is 3.90. The molecule has 0 aliphatic carbocycles. The van der Waals surface area contributed by atoms with Crippen LogP contribution >= 0.6 is 34.7 Å². The predicted molar refractivity (Wildman–Crippen MR) is 75.8 cm³/mol. The average Bonchev–Trinajstić information content (AvgIpc) is 2.74. The van der Waals surface area contributed by atoms with Crippen molar-refractivity contribution in [2.24, 2.45) is 0 Å². The molecule has 16 heavy (non-hydrogen) atoms. The molecule has 0 amide bonds. The number of alkyl halides is 1. The highest BCUT2D eigenvalue weighted by Gasteiger charge is 2.09. The Hall–Kier alpha value is 0.230. The Bertz CT molecular complexity index is 304. The van der Waals surface area contributed by atoms with Crippen LogP contribution in [0.3, 0.4) is 0 Å². The Morgan fingerprint density at radius 1 is 1.62 bits per heavy atom. The lowest BCUT2D eigenvalue weighted by Crippen LogP contribution is -2.32. The van der Waals surface area contributed by atoms with E-state index in [2.05, 4.69) is 30.1 Å². The van der Waals surface area contributed by atoms with Gasteiger partial charge in [0, 0.05) is 30.1 Å². The highest BCUT2D eigenvalue weighted by molar-refractivity contribution is 7.98. The molecular formula is C11H19ClN2S2. The SMILES string of the molecule is CSCC(C)N(C)CCc1nc(CCl)cs1. The van der Waals surface area contributed by atoms with Crippen molar-refractivity contribution in [2.45, 2.75) is 25.3 Å². The number of thioether (sulfide) groups is 1. The summed E-state index contributed by atoms with van der Waals surface area (Å²) >= 11 is 9.33. The molecular weight excluding hydrogens is 260 g/mol. The van der Waals surface area contributed by atoms with Gasteiger partial charge < -0.3 is 4.90 Å². The number of likely N-dealkylation sites (N-methyl/N-ethyl adjacent to an activating group) is 1. The standard InChI is InChI=1S/C11H19ClN2S2/c1-9(7-15-3)14(2)5-4-11-13-10(6-12)8-16-11/h8-9H,4-7H2,1-3H3. The summed E-state index contributed by atoms with van der Waals surface area (Å²) in [5.41, 5.74) is 1.00. The molecule has 1 rings (SSSR count). The van der Waals surface area contributed by atoms with E-state index in [0.717, 1.165) is 18.7 Å². The minimum Gasteiger partial charge on any atom is -0.302 e. The zero-order valence-electron chi connectivity index (χ0n) is 10.1. The monoisotopic (exact) mass is 278 g/mol. The molecule has 2 nitrogen and oxygen atoms in total. The summed E-state index contributed by atoms with van der Waals surface area (Å²) in [7, 11) is 2.18. The first-order chi connectivity index (χ1) is 7.67. The van der Waals surface area contributed by atoms with Gasteiger partial charge in [0.15, 0.2) is 0 Å². The molecule has 1 unspecified atom stereocenters. The first kappa shape index (κ1) is 14.3. The van der Waals surface area contributed by atoms with Crippen LogP contribution in [0.4, 0.5) is 0 Å². The van der Waals surface area contributed by atoms with Crippen LogP contribution in [-0.2, 0) is 12.3 Å². The minimum atomic E-state index is 0.523. The molecule has 5 heteroatoms. The molecule has 0 aliphatic heterocycles. The number of hydrogen-bond donors (Lipinski definition) is 0. The van der Waals surface area contributed by atoms with Crippen molar-refractivity contribution >= 4 is 34.7 Å². The van der Waals surface area contributed by atoms with E-state index >= 15 is 0 Å². The van der Waals surface area contributed by atoms with E-state index in [4.69, 9.17) is 11.6 Å². The van der Waals surface area contributed by atoms with Crippen LogP contribution in [0.2, 0.25) is 0 Å². The third kappa shape index (κ3) is 4.62.